The van der Waals surface area contributed by atoms with E-state index in [1.54, 1.807) is 0 Å². The first-order valence-corrected chi connectivity index (χ1v) is 2.37. The first-order valence-electron chi connectivity index (χ1n) is 2.37. The number of nitrogens with one attached hydrogen (secondary N) is 1. The lowest BCUT2D eigenvalue weighted by molar-refractivity contribution is -0.757. The van der Waals surface area contributed by atoms with Crippen molar-refractivity contribution in [2.75, 3.05) is 13.2 Å². The van der Waals surface area contributed by atoms with Crippen molar-refractivity contribution in [2.24, 2.45) is 0 Å². The highest BCUT2D eigenvalue weighted by atomic mass is 16.9. The van der Waals surface area contributed by atoms with Crippen molar-refractivity contribution < 1.29 is 19.8 Å². The molecule has 0 aliphatic heterocycles. The Bertz CT molecular complexity index is 119. The Morgan fingerprint density at radius 1 is 1.80 bits per heavy atom. The maximum absolute atomic E-state index is 9.71. The van der Waals surface area contributed by atoms with Gasteiger partial charge in [0.1, 0.15) is 6.61 Å². The van der Waals surface area contributed by atoms with E-state index < -0.39 is 11.2 Å². The molecule has 0 bridgehead atoms. The molecule has 0 saturated carbocycles. The number of carbonyl (C=O) groups is 1. The molecule has 0 aliphatic carbocycles. The van der Waals surface area contributed by atoms with Crippen LogP contribution in [0.25, 0.3) is 0 Å². The van der Waals surface area contributed by atoms with Crippen LogP contribution in [0.4, 0.5) is 4.79 Å². The van der Waals surface area contributed by atoms with Gasteiger partial charge in [-0.1, -0.05) is 0 Å². The van der Waals surface area contributed by atoms with Gasteiger partial charge in [-0.25, -0.2) is 4.79 Å². The van der Waals surface area contributed by atoms with Crippen molar-refractivity contribution in [3.8, 4) is 0 Å². The minimum absolute atomic E-state index is 0.0870. The van der Waals surface area contributed by atoms with Gasteiger partial charge in [0.25, 0.3) is 5.09 Å². The Kier molecular flexibility index (Phi) is 3.69. The quantitative estimate of drug-likeness (QED) is 0.318. The largest absolute Gasteiger partial charge is 0.465 e. The molecular weight excluding hydrogens is 144 g/mol. The van der Waals surface area contributed by atoms with E-state index in [1.807, 2.05) is 5.32 Å². The zero-order valence-corrected chi connectivity index (χ0v) is 4.94. The van der Waals surface area contributed by atoms with Crippen LogP contribution in [0.3, 0.4) is 0 Å². The van der Waals surface area contributed by atoms with E-state index in [0.717, 1.165) is 0 Å². The molecule has 0 aromatic rings. The molecule has 2 N–H and O–H groups in total. The topological polar surface area (TPSA) is 102 Å². The van der Waals surface area contributed by atoms with Crippen LogP contribution >= 0.6 is 0 Å². The third kappa shape index (κ3) is 6.47. The number of carboxylic acid groups (broad SMARTS) is 1. The molecule has 0 aromatic carbocycles. The van der Waals surface area contributed by atoms with E-state index in [2.05, 4.69) is 4.84 Å². The van der Waals surface area contributed by atoms with E-state index >= 15 is 0 Å². The van der Waals surface area contributed by atoms with Gasteiger partial charge in [0, 0.05) is 6.54 Å². The zero-order valence-electron chi connectivity index (χ0n) is 4.94. The standard InChI is InChI=1S/C3H6N2O5/c6-3(7)4-1-2-10-5(8)9/h4H,1-2H2,(H,6,7). The van der Waals surface area contributed by atoms with Crippen molar-refractivity contribution in [3.63, 3.8) is 0 Å². The summed E-state index contributed by atoms with van der Waals surface area (Å²) < 4.78 is 0. The molecule has 0 heterocycles. The lowest BCUT2D eigenvalue weighted by Gasteiger charge is -1.97. The van der Waals surface area contributed by atoms with Crippen LogP contribution in [0.1, 0.15) is 0 Å². The lowest BCUT2D eigenvalue weighted by Crippen LogP contribution is -2.25. The Morgan fingerprint density at radius 3 is 2.80 bits per heavy atom. The van der Waals surface area contributed by atoms with Crippen molar-refractivity contribution >= 4 is 6.09 Å². The van der Waals surface area contributed by atoms with Gasteiger partial charge >= 0.3 is 6.09 Å². The average molecular weight is 150 g/mol. The van der Waals surface area contributed by atoms with Gasteiger partial charge in [0.05, 0.1) is 0 Å². The average Bonchev–Trinajstić information content (AvgIpc) is 1.79. The first-order chi connectivity index (χ1) is 4.63. The molecule has 0 aliphatic rings. The van der Waals surface area contributed by atoms with Crippen LogP contribution < -0.4 is 5.32 Å². The highest BCUT2D eigenvalue weighted by Crippen LogP contribution is 1.71. The fraction of sp³-hybridized carbons (Fsp3) is 0.667. The maximum atomic E-state index is 9.71. The summed E-state index contributed by atoms with van der Waals surface area (Å²) in [7, 11) is 0. The second kappa shape index (κ2) is 4.36. The van der Waals surface area contributed by atoms with Gasteiger partial charge in [-0.3, -0.25) is 0 Å². The minimum atomic E-state index is -1.23. The fourth-order valence-corrected chi connectivity index (χ4v) is 0.278. The van der Waals surface area contributed by atoms with Crippen molar-refractivity contribution in [2.45, 2.75) is 0 Å². The van der Waals surface area contributed by atoms with E-state index in [0.29, 0.717) is 0 Å². The molecule has 7 nitrogen and oxygen atoms in total. The predicted octanol–water partition coefficient (Wildman–Crippen LogP) is -0.538. The molecule has 0 atom stereocenters. The van der Waals surface area contributed by atoms with E-state index in [9.17, 15) is 14.9 Å². The molecule has 7 heteroatoms. The number of hydrogen-bond donors (Lipinski definition) is 2. The second-order valence-corrected chi connectivity index (χ2v) is 1.29. The van der Waals surface area contributed by atoms with Crippen molar-refractivity contribution in [1.29, 1.82) is 0 Å². The molecule has 1 amide bonds. The Morgan fingerprint density at radius 2 is 2.40 bits per heavy atom. The highest BCUT2D eigenvalue weighted by Gasteiger charge is 1.95. The maximum Gasteiger partial charge on any atom is 0.404 e. The molecule has 10 heavy (non-hydrogen) atoms. The third-order valence-corrected chi connectivity index (χ3v) is 0.575. The third-order valence-electron chi connectivity index (χ3n) is 0.575. The highest BCUT2D eigenvalue weighted by molar-refractivity contribution is 5.64. The number of hydrogen-bond acceptors (Lipinski definition) is 4. The summed E-state index contributed by atoms with van der Waals surface area (Å²) in [5, 5.41) is 18.3. The molecule has 0 rings (SSSR count). The van der Waals surface area contributed by atoms with Gasteiger partial charge in [0.2, 0.25) is 0 Å². The van der Waals surface area contributed by atoms with Gasteiger partial charge in [-0.2, -0.15) is 0 Å². The smallest absolute Gasteiger partial charge is 0.404 e. The fourth-order valence-electron chi connectivity index (χ4n) is 0.278. The van der Waals surface area contributed by atoms with Crippen LogP contribution in [-0.2, 0) is 4.84 Å². The van der Waals surface area contributed by atoms with Gasteiger partial charge in [-0.05, 0) is 0 Å². The van der Waals surface area contributed by atoms with Crippen LogP contribution in [0, 0.1) is 10.1 Å². The van der Waals surface area contributed by atoms with E-state index in [4.69, 9.17) is 5.11 Å². The summed E-state index contributed by atoms with van der Waals surface area (Å²) in [4.78, 5) is 22.9. The molecule has 58 valence electrons. The SMILES string of the molecule is O=C(O)NCCO[N+](=O)[O-]. The Hall–Kier alpha value is -1.53. The Labute approximate surface area is 55.7 Å². The van der Waals surface area contributed by atoms with Gasteiger partial charge in [0.15, 0.2) is 0 Å². The zero-order chi connectivity index (χ0) is 7.98. The normalized spacial score (nSPS) is 8.40. The summed E-state index contributed by atoms with van der Waals surface area (Å²) >= 11 is 0. The first kappa shape index (κ1) is 8.47. The molecule has 0 saturated heterocycles. The van der Waals surface area contributed by atoms with Gasteiger partial charge < -0.3 is 15.3 Å². The second-order valence-electron chi connectivity index (χ2n) is 1.29. The van der Waals surface area contributed by atoms with Crippen LogP contribution in [-0.4, -0.2) is 29.4 Å². The number of nitrogens with zero attached hydrogens (tertiary/aromatic N) is 1. The van der Waals surface area contributed by atoms with E-state index in [-0.39, 0.29) is 13.2 Å². The number of amides is 1. The van der Waals surface area contributed by atoms with E-state index in [1.165, 1.54) is 0 Å². The van der Waals surface area contributed by atoms with Crippen LogP contribution in [0.15, 0.2) is 0 Å². The monoisotopic (exact) mass is 150 g/mol. The Balaban J connectivity index is 3.06. The summed E-state index contributed by atoms with van der Waals surface area (Å²) in [6.45, 7) is -0.352. The summed E-state index contributed by atoms with van der Waals surface area (Å²) in [6, 6.07) is 0. The minimum Gasteiger partial charge on any atom is -0.465 e. The van der Waals surface area contributed by atoms with Crippen LogP contribution in [0.5, 0.6) is 0 Å². The number of rotatable bonds is 4. The predicted molar refractivity (Wildman–Crippen MR) is 29.0 cm³/mol. The summed E-state index contributed by atoms with van der Waals surface area (Å²) in [5.41, 5.74) is 0. The van der Waals surface area contributed by atoms with Crippen LogP contribution in [0.2, 0.25) is 0 Å². The molecular formula is C3H6N2O5. The van der Waals surface area contributed by atoms with Crippen molar-refractivity contribution in [3.05, 3.63) is 10.1 Å². The summed E-state index contributed by atoms with van der Waals surface area (Å²) in [5.74, 6) is 0. The molecule has 0 unspecified atom stereocenters. The van der Waals surface area contributed by atoms with Gasteiger partial charge in [-0.15, -0.1) is 10.1 Å². The summed E-state index contributed by atoms with van der Waals surface area (Å²) in [6.07, 6.45) is -1.23. The molecule has 0 fully saturated rings. The molecule has 0 aromatic heterocycles. The molecule has 0 radical (unpaired) electrons. The van der Waals surface area contributed by atoms with Crippen molar-refractivity contribution in [1.82, 2.24) is 5.32 Å². The molecule has 0 spiro atoms. The lowest BCUT2D eigenvalue weighted by atomic mass is 10.7.